The van der Waals surface area contributed by atoms with Crippen LogP contribution in [-0.4, -0.2) is 74.2 Å². The van der Waals surface area contributed by atoms with Gasteiger partial charge in [0.1, 0.15) is 0 Å². The number of aromatic nitrogens is 4. The van der Waals surface area contributed by atoms with Crippen molar-refractivity contribution in [1.29, 1.82) is 0 Å². The highest BCUT2D eigenvalue weighted by Gasteiger charge is 2.29. The Morgan fingerprint density at radius 2 is 1.56 bits per heavy atom. The molecule has 3 aromatic rings. The third kappa shape index (κ3) is 5.13. The van der Waals surface area contributed by atoms with Gasteiger partial charge in [0.25, 0.3) is 0 Å². The van der Waals surface area contributed by atoms with Crippen LogP contribution in [0.4, 0.5) is 5.95 Å². The molecule has 1 saturated heterocycles. The van der Waals surface area contributed by atoms with Gasteiger partial charge in [0.05, 0.1) is 12.2 Å². The molecule has 32 heavy (non-hydrogen) atoms. The van der Waals surface area contributed by atoms with Gasteiger partial charge in [-0.25, -0.2) is 0 Å². The molecule has 1 amide bonds. The van der Waals surface area contributed by atoms with Gasteiger partial charge in [-0.2, -0.15) is 4.68 Å². The molecule has 1 aliphatic rings. The number of carbonyl (C=O) groups is 1. The van der Waals surface area contributed by atoms with E-state index in [1.54, 1.807) is 4.68 Å². The lowest BCUT2D eigenvalue weighted by molar-refractivity contribution is -0.138. The van der Waals surface area contributed by atoms with Crippen LogP contribution in [0.5, 0.6) is 0 Å². The summed E-state index contributed by atoms with van der Waals surface area (Å²) in [5.41, 5.74) is 1.84. The van der Waals surface area contributed by atoms with Crippen LogP contribution in [-0.2, 0) is 11.3 Å². The Kier molecular flexibility index (Phi) is 6.50. The molecule has 1 aromatic heterocycles. The van der Waals surface area contributed by atoms with Gasteiger partial charge in [-0.3, -0.25) is 9.69 Å². The Hall–Kier alpha value is -3.26. The topological polar surface area (TPSA) is 70.4 Å². The SMILES string of the molecule is CC(C)(C)N(Cc1ccccc1)C(=O)CN1CCN(c2nnnn2-c2ccccc2)CC1. The van der Waals surface area contributed by atoms with Gasteiger partial charge in [0, 0.05) is 38.3 Å². The zero-order valence-corrected chi connectivity index (χ0v) is 19.1. The van der Waals surface area contributed by atoms with Crippen molar-refractivity contribution < 1.29 is 4.79 Å². The quantitative estimate of drug-likeness (QED) is 0.595. The monoisotopic (exact) mass is 433 g/mol. The molecular formula is C24H31N7O. The molecule has 0 saturated carbocycles. The van der Waals surface area contributed by atoms with E-state index in [4.69, 9.17) is 0 Å². The van der Waals surface area contributed by atoms with E-state index in [2.05, 4.69) is 58.2 Å². The predicted octanol–water partition coefficient (Wildman–Crippen LogP) is 2.61. The zero-order valence-electron chi connectivity index (χ0n) is 19.1. The van der Waals surface area contributed by atoms with Gasteiger partial charge in [-0.1, -0.05) is 53.6 Å². The molecular weight excluding hydrogens is 402 g/mol. The maximum absolute atomic E-state index is 13.2. The number of rotatable bonds is 6. The lowest BCUT2D eigenvalue weighted by Crippen LogP contribution is -2.53. The predicted molar refractivity (Wildman–Crippen MR) is 125 cm³/mol. The summed E-state index contributed by atoms with van der Waals surface area (Å²) >= 11 is 0. The smallest absolute Gasteiger partial charge is 0.250 e. The molecule has 0 radical (unpaired) electrons. The molecule has 2 heterocycles. The Morgan fingerprint density at radius 1 is 0.938 bits per heavy atom. The minimum atomic E-state index is -0.244. The van der Waals surface area contributed by atoms with Crippen LogP contribution in [0.1, 0.15) is 26.3 Å². The number of piperazine rings is 1. The van der Waals surface area contributed by atoms with Crippen molar-refractivity contribution in [3.63, 3.8) is 0 Å². The number of nitrogens with zero attached hydrogens (tertiary/aromatic N) is 7. The summed E-state index contributed by atoms with van der Waals surface area (Å²) in [5.74, 6) is 0.895. The fraction of sp³-hybridized carbons (Fsp3) is 0.417. The number of carbonyl (C=O) groups excluding carboxylic acids is 1. The van der Waals surface area contributed by atoms with Crippen LogP contribution in [0.15, 0.2) is 60.7 Å². The standard InChI is InChI=1S/C24H31N7O/c1-24(2,3)30(18-20-10-6-4-7-11-20)22(32)19-28-14-16-29(17-15-28)23-25-26-27-31(23)21-12-8-5-9-13-21/h4-13H,14-19H2,1-3H3. The van der Waals surface area contributed by atoms with Crippen LogP contribution in [0.3, 0.4) is 0 Å². The Labute approximate surface area is 189 Å². The number of hydrogen-bond acceptors (Lipinski definition) is 6. The second kappa shape index (κ2) is 9.48. The van der Waals surface area contributed by atoms with Crippen molar-refractivity contribution in [2.45, 2.75) is 32.9 Å². The van der Waals surface area contributed by atoms with E-state index in [0.717, 1.165) is 43.4 Å². The summed E-state index contributed by atoms with van der Waals surface area (Å²) in [6, 6.07) is 20.1. The first-order valence-electron chi connectivity index (χ1n) is 11.1. The third-order valence-electron chi connectivity index (χ3n) is 5.76. The molecule has 0 bridgehead atoms. The van der Waals surface area contributed by atoms with Crippen LogP contribution in [0, 0.1) is 0 Å². The van der Waals surface area contributed by atoms with Crippen molar-refractivity contribution >= 4 is 11.9 Å². The number of amides is 1. The summed E-state index contributed by atoms with van der Waals surface area (Å²) in [6.45, 7) is 10.4. The molecule has 2 aromatic carbocycles. The fourth-order valence-electron chi connectivity index (χ4n) is 3.96. The number of benzene rings is 2. The maximum atomic E-state index is 13.2. The lowest BCUT2D eigenvalue weighted by atomic mass is 10.0. The van der Waals surface area contributed by atoms with Crippen LogP contribution >= 0.6 is 0 Å². The normalized spacial score (nSPS) is 15.0. The Balaban J connectivity index is 1.37. The van der Waals surface area contributed by atoms with E-state index >= 15 is 0 Å². The highest BCUT2D eigenvalue weighted by molar-refractivity contribution is 5.79. The van der Waals surface area contributed by atoms with Crippen molar-refractivity contribution in [3.05, 3.63) is 66.2 Å². The van der Waals surface area contributed by atoms with E-state index in [0.29, 0.717) is 13.1 Å². The van der Waals surface area contributed by atoms with Crippen molar-refractivity contribution in [1.82, 2.24) is 30.0 Å². The van der Waals surface area contributed by atoms with Crippen molar-refractivity contribution in [3.8, 4) is 5.69 Å². The summed E-state index contributed by atoms with van der Waals surface area (Å²) in [4.78, 5) is 19.6. The lowest BCUT2D eigenvalue weighted by Gasteiger charge is -2.39. The van der Waals surface area contributed by atoms with Gasteiger partial charge >= 0.3 is 0 Å². The highest BCUT2D eigenvalue weighted by Crippen LogP contribution is 2.20. The molecule has 168 valence electrons. The Morgan fingerprint density at radius 3 is 2.19 bits per heavy atom. The van der Waals surface area contributed by atoms with Crippen molar-refractivity contribution in [2.24, 2.45) is 0 Å². The van der Waals surface area contributed by atoms with Crippen LogP contribution in [0.2, 0.25) is 0 Å². The fourth-order valence-corrected chi connectivity index (χ4v) is 3.96. The molecule has 0 atom stereocenters. The molecule has 0 N–H and O–H groups in total. The number of anilines is 1. The molecule has 8 heteroatoms. The first kappa shape index (κ1) is 22.0. The van der Waals surface area contributed by atoms with E-state index in [-0.39, 0.29) is 11.4 Å². The largest absolute Gasteiger partial charge is 0.337 e. The second-order valence-corrected chi connectivity index (χ2v) is 9.13. The Bertz CT molecular complexity index is 1010. The number of tetrazole rings is 1. The van der Waals surface area contributed by atoms with Gasteiger partial charge in [0.15, 0.2) is 0 Å². The van der Waals surface area contributed by atoms with Gasteiger partial charge in [-0.15, -0.1) is 0 Å². The second-order valence-electron chi connectivity index (χ2n) is 9.13. The van der Waals surface area contributed by atoms with E-state index in [9.17, 15) is 4.79 Å². The zero-order chi connectivity index (χ0) is 22.6. The average molecular weight is 434 g/mol. The number of hydrogen-bond donors (Lipinski definition) is 0. The van der Waals surface area contributed by atoms with E-state index in [1.807, 2.05) is 53.4 Å². The molecule has 1 fully saturated rings. The molecule has 0 unspecified atom stereocenters. The average Bonchev–Trinajstić information content (AvgIpc) is 3.28. The third-order valence-corrected chi connectivity index (χ3v) is 5.76. The first-order valence-corrected chi connectivity index (χ1v) is 11.1. The van der Waals surface area contributed by atoms with Gasteiger partial charge in [0.2, 0.25) is 11.9 Å². The highest BCUT2D eigenvalue weighted by atomic mass is 16.2. The van der Waals surface area contributed by atoms with Gasteiger partial charge in [-0.05, 0) is 48.9 Å². The van der Waals surface area contributed by atoms with Crippen LogP contribution < -0.4 is 4.90 Å². The molecule has 0 spiro atoms. The minimum Gasteiger partial charge on any atom is -0.337 e. The summed E-state index contributed by atoms with van der Waals surface area (Å²) in [6.07, 6.45) is 0. The molecule has 0 aliphatic carbocycles. The maximum Gasteiger partial charge on any atom is 0.250 e. The molecule has 8 nitrogen and oxygen atoms in total. The van der Waals surface area contributed by atoms with Crippen molar-refractivity contribution in [2.75, 3.05) is 37.6 Å². The van der Waals surface area contributed by atoms with E-state index in [1.165, 1.54) is 0 Å². The molecule has 4 rings (SSSR count). The molecule has 1 aliphatic heterocycles. The van der Waals surface area contributed by atoms with E-state index < -0.39 is 0 Å². The summed E-state index contributed by atoms with van der Waals surface area (Å²) < 4.78 is 1.77. The summed E-state index contributed by atoms with van der Waals surface area (Å²) in [5, 5.41) is 12.3. The van der Waals surface area contributed by atoms with Gasteiger partial charge < -0.3 is 9.80 Å². The first-order chi connectivity index (χ1) is 15.4. The number of para-hydroxylation sites is 1. The minimum absolute atomic E-state index is 0.156. The van der Waals surface area contributed by atoms with Crippen LogP contribution in [0.25, 0.3) is 5.69 Å². The summed E-state index contributed by atoms with van der Waals surface area (Å²) in [7, 11) is 0.